The third-order valence-corrected chi connectivity index (χ3v) is 5.11. The Bertz CT molecular complexity index is 386. The van der Waals surface area contributed by atoms with Crippen LogP contribution in [0.15, 0.2) is 6.20 Å². The third-order valence-electron chi connectivity index (χ3n) is 5.11. The van der Waals surface area contributed by atoms with Crippen molar-refractivity contribution in [2.45, 2.75) is 116 Å². The molecule has 25 heavy (non-hydrogen) atoms. The van der Waals surface area contributed by atoms with Gasteiger partial charge in [-0.2, -0.15) is 0 Å². The smallest absolute Gasteiger partial charge is 0.106 e. The highest BCUT2D eigenvalue weighted by Crippen LogP contribution is 2.13. The van der Waals surface area contributed by atoms with Crippen molar-refractivity contribution in [2.24, 2.45) is 5.73 Å². The van der Waals surface area contributed by atoms with Gasteiger partial charge in [0.2, 0.25) is 0 Å². The number of nitrogens with two attached hydrogens (primary N) is 1. The molecule has 3 N–H and O–H groups in total. The Morgan fingerprint density at radius 1 is 0.720 bits per heavy atom. The Kier molecular flexibility index (Phi) is 14.8. The van der Waals surface area contributed by atoms with E-state index >= 15 is 0 Å². The number of aryl methyl sites for hydroxylation is 1. The molecule has 0 atom stereocenters. The first-order chi connectivity index (χ1) is 12.4. The molecule has 0 aliphatic carbocycles. The highest BCUT2D eigenvalue weighted by atomic mass is 14.9. The minimum absolute atomic E-state index is 0.695. The summed E-state index contributed by atoms with van der Waals surface area (Å²) >= 11 is 0. The number of hydrogen-bond donors (Lipinski definition) is 2. The molecule has 0 amide bonds. The second-order valence-corrected chi connectivity index (χ2v) is 7.59. The first-order valence-electron chi connectivity index (χ1n) is 11.1. The van der Waals surface area contributed by atoms with Crippen LogP contribution in [0.1, 0.15) is 115 Å². The van der Waals surface area contributed by atoms with Gasteiger partial charge in [0.15, 0.2) is 0 Å². The molecule has 1 rings (SSSR count). The molecule has 0 aliphatic heterocycles. The summed E-state index contributed by atoms with van der Waals surface area (Å²) in [6, 6.07) is 0. The molecule has 0 unspecified atom stereocenters. The molecule has 146 valence electrons. The van der Waals surface area contributed by atoms with Crippen LogP contribution in [-0.4, -0.2) is 16.5 Å². The molecule has 3 nitrogen and oxygen atoms in total. The van der Waals surface area contributed by atoms with Crippen LogP contribution in [-0.2, 0) is 12.8 Å². The second-order valence-electron chi connectivity index (χ2n) is 7.59. The van der Waals surface area contributed by atoms with Gasteiger partial charge in [-0.15, -0.1) is 0 Å². The summed E-state index contributed by atoms with van der Waals surface area (Å²) in [5, 5.41) is 0. The Hall–Kier alpha value is -0.830. The van der Waals surface area contributed by atoms with Crippen LogP contribution in [0.4, 0.5) is 0 Å². The van der Waals surface area contributed by atoms with Crippen molar-refractivity contribution in [1.29, 1.82) is 0 Å². The van der Waals surface area contributed by atoms with Gasteiger partial charge in [0, 0.05) is 24.7 Å². The predicted octanol–water partition coefficient (Wildman–Crippen LogP) is 6.32. The zero-order chi connectivity index (χ0) is 18.0. The Labute approximate surface area is 156 Å². The highest BCUT2D eigenvalue weighted by molar-refractivity contribution is 5.01. The molecule has 0 radical (unpaired) electrons. The van der Waals surface area contributed by atoms with Crippen LogP contribution >= 0.6 is 0 Å². The van der Waals surface area contributed by atoms with Crippen LogP contribution in [0.5, 0.6) is 0 Å². The third kappa shape index (κ3) is 13.1. The van der Waals surface area contributed by atoms with Crippen LogP contribution in [0.3, 0.4) is 0 Å². The summed E-state index contributed by atoms with van der Waals surface area (Å²) in [7, 11) is 0. The molecule has 1 aromatic heterocycles. The van der Waals surface area contributed by atoms with E-state index in [0.717, 1.165) is 18.7 Å². The minimum atomic E-state index is 0.695. The van der Waals surface area contributed by atoms with E-state index in [2.05, 4.69) is 16.9 Å². The fourth-order valence-corrected chi connectivity index (χ4v) is 3.48. The predicted molar refractivity (Wildman–Crippen MR) is 110 cm³/mol. The number of H-pyrrole nitrogens is 1. The molecule has 1 heterocycles. The van der Waals surface area contributed by atoms with Crippen LogP contribution in [0.25, 0.3) is 0 Å². The quantitative estimate of drug-likeness (QED) is 0.304. The summed E-state index contributed by atoms with van der Waals surface area (Å²) in [6.07, 6.45) is 25.2. The zero-order valence-electron chi connectivity index (χ0n) is 16.8. The van der Waals surface area contributed by atoms with Gasteiger partial charge in [0.1, 0.15) is 5.82 Å². The highest BCUT2D eigenvalue weighted by Gasteiger charge is 2.00. The summed E-state index contributed by atoms with van der Waals surface area (Å²) in [4.78, 5) is 7.80. The van der Waals surface area contributed by atoms with E-state index in [1.807, 2.05) is 6.20 Å². The van der Waals surface area contributed by atoms with Crippen LogP contribution < -0.4 is 5.73 Å². The maximum atomic E-state index is 5.56. The maximum Gasteiger partial charge on any atom is 0.106 e. The minimum Gasteiger partial charge on any atom is -0.346 e. The van der Waals surface area contributed by atoms with Gasteiger partial charge in [-0.3, -0.25) is 0 Å². The van der Waals surface area contributed by atoms with Crippen LogP contribution in [0.2, 0.25) is 0 Å². The summed E-state index contributed by atoms with van der Waals surface area (Å²) in [5.74, 6) is 1.14. The summed E-state index contributed by atoms with van der Waals surface area (Å²) in [5.41, 5.74) is 6.74. The molecule has 0 spiro atoms. The molecule has 0 aromatic carbocycles. The summed E-state index contributed by atoms with van der Waals surface area (Å²) in [6.45, 7) is 2.99. The molecular weight excluding hydrogens is 306 g/mol. The van der Waals surface area contributed by atoms with Gasteiger partial charge in [-0.25, -0.2) is 4.98 Å². The number of aromatic nitrogens is 2. The molecule has 0 saturated carbocycles. The standard InChI is InChI=1S/C22H43N3/c1-2-3-4-5-6-7-8-9-10-11-12-13-14-15-16-17-22-24-20-21(25-22)18-19-23/h20H,2-19,23H2,1H3,(H,24,25). The van der Waals surface area contributed by atoms with Crippen LogP contribution in [0, 0.1) is 0 Å². The first kappa shape index (κ1) is 22.2. The molecule has 0 saturated heterocycles. The van der Waals surface area contributed by atoms with Gasteiger partial charge in [-0.1, -0.05) is 96.8 Å². The van der Waals surface area contributed by atoms with Gasteiger partial charge >= 0.3 is 0 Å². The fourth-order valence-electron chi connectivity index (χ4n) is 3.48. The topological polar surface area (TPSA) is 54.7 Å². The fraction of sp³-hybridized carbons (Fsp3) is 0.864. The number of unbranched alkanes of at least 4 members (excludes halogenated alkanes) is 14. The number of imidazole rings is 1. The second kappa shape index (κ2) is 16.6. The molecule has 0 fully saturated rings. The molecule has 1 aromatic rings. The average Bonchev–Trinajstić information content (AvgIpc) is 3.06. The monoisotopic (exact) mass is 349 g/mol. The molecule has 0 bridgehead atoms. The largest absolute Gasteiger partial charge is 0.346 e. The molecule has 3 heteroatoms. The van der Waals surface area contributed by atoms with Crippen molar-refractivity contribution >= 4 is 0 Å². The Morgan fingerprint density at radius 2 is 1.20 bits per heavy atom. The molecule has 0 aliphatic rings. The number of nitrogens with one attached hydrogen (secondary N) is 1. The first-order valence-corrected chi connectivity index (χ1v) is 11.1. The zero-order valence-corrected chi connectivity index (χ0v) is 16.8. The van der Waals surface area contributed by atoms with Crippen molar-refractivity contribution < 1.29 is 0 Å². The van der Waals surface area contributed by atoms with E-state index in [1.54, 1.807) is 0 Å². The van der Waals surface area contributed by atoms with E-state index in [4.69, 9.17) is 5.73 Å². The van der Waals surface area contributed by atoms with Crippen molar-refractivity contribution in [3.8, 4) is 0 Å². The summed E-state index contributed by atoms with van der Waals surface area (Å²) < 4.78 is 0. The van der Waals surface area contributed by atoms with Crippen molar-refractivity contribution in [1.82, 2.24) is 9.97 Å². The lowest BCUT2D eigenvalue weighted by Gasteiger charge is -2.03. The lowest BCUT2D eigenvalue weighted by molar-refractivity contribution is 0.531. The normalized spacial score (nSPS) is 11.3. The lowest BCUT2D eigenvalue weighted by Crippen LogP contribution is -2.02. The van der Waals surface area contributed by atoms with Gasteiger partial charge < -0.3 is 10.7 Å². The van der Waals surface area contributed by atoms with Gasteiger partial charge in [-0.05, 0) is 13.0 Å². The van der Waals surface area contributed by atoms with Crippen molar-refractivity contribution in [3.63, 3.8) is 0 Å². The van der Waals surface area contributed by atoms with Gasteiger partial charge in [0.05, 0.1) is 0 Å². The Morgan fingerprint density at radius 3 is 1.68 bits per heavy atom. The number of hydrogen-bond acceptors (Lipinski definition) is 2. The SMILES string of the molecule is CCCCCCCCCCCCCCCCCc1ncc(CCN)[nH]1. The van der Waals surface area contributed by atoms with Crippen molar-refractivity contribution in [2.75, 3.05) is 6.54 Å². The maximum absolute atomic E-state index is 5.56. The van der Waals surface area contributed by atoms with Gasteiger partial charge in [0.25, 0.3) is 0 Å². The van der Waals surface area contributed by atoms with Crippen molar-refractivity contribution in [3.05, 3.63) is 17.7 Å². The van der Waals surface area contributed by atoms with E-state index in [1.165, 1.54) is 102 Å². The van der Waals surface area contributed by atoms with E-state index < -0.39 is 0 Å². The average molecular weight is 350 g/mol. The van der Waals surface area contributed by atoms with E-state index in [-0.39, 0.29) is 0 Å². The number of nitrogens with zero attached hydrogens (tertiary/aromatic N) is 1. The Balaban J connectivity index is 1.77. The molecular formula is C22H43N3. The van der Waals surface area contributed by atoms with E-state index in [0.29, 0.717) is 6.54 Å². The van der Waals surface area contributed by atoms with E-state index in [9.17, 15) is 0 Å². The number of rotatable bonds is 18. The number of aromatic amines is 1. The lowest BCUT2D eigenvalue weighted by atomic mass is 10.0.